The molecule has 200 valence electrons. The molecule has 0 amide bonds. The van der Waals surface area contributed by atoms with Crippen molar-refractivity contribution in [2.24, 2.45) is 0 Å². The first-order valence-corrected chi connectivity index (χ1v) is 11.3. The molecule has 0 atom stereocenters. The van der Waals surface area contributed by atoms with Gasteiger partial charge in [0.05, 0.1) is 19.3 Å². The Morgan fingerprint density at radius 3 is 2.32 bits per heavy atom. The molecule has 1 aromatic heterocycles. The van der Waals surface area contributed by atoms with Crippen LogP contribution < -0.4 is 9.47 Å². The molecule has 0 aliphatic rings. The molecule has 6 nitrogen and oxygen atoms in total. The number of aromatic nitrogens is 2. The smallest absolute Gasteiger partial charge is 0.493 e. The number of carboxylic acid groups (broad SMARTS) is 1. The zero-order valence-electron chi connectivity index (χ0n) is 19.7. The number of aryl methyl sites for hydroxylation is 1. The van der Waals surface area contributed by atoms with Gasteiger partial charge in [0.25, 0.3) is 0 Å². The average Bonchev–Trinajstić information content (AvgIpc) is 3.21. The van der Waals surface area contributed by atoms with Gasteiger partial charge in [-0.25, -0.2) is 4.98 Å². The van der Waals surface area contributed by atoms with E-state index in [1.807, 2.05) is 0 Å². The van der Waals surface area contributed by atoms with Crippen molar-refractivity contribution >= 4 is 5.97 Å². The number of aliphatic carboxylic acids is 1. The topological polar surface area (TPSA) is 73.6 Å². The van der Waals surface area contributed by atoms with Crippen molar-refractivity contribution in [3.63, 3.8) is 0 Å². The summed E-state index contributed by atoms with van der Waals surface area (Å²) in [5.74, 6) is -1.11. The number of hydrogen-bond donors (Lipinski definition) is 1. The van der Waals surface area contributed by atoms with Crippen LogP contribution >= 0.6 is 0 Å². The van der Waals surface area contributed by atoms with Gasteiger partial charge in [-0.05, 0) is 62.1 Å². The van der Waals surface area contributed by atoms with E-state index in [0.717, 1.165) is 16.7 Å². The van der Waals surface area contributed by atoms with Gasteiger partial charge in [0.15, 0.2) is 0 Å². The van der Waals surface area contributed by atoms with Crippen molar-refractivity contribution in [3.8, 4) is 22.9 Å². The molecule has 37 heavy (non-hydrogen) atoms. The van der Waals surface area contributed by atoms with Crippen LogP contribution in [0, 0.1) is 6.92 Å². The molecule has 0 aliphatic heterocycles. The summed E-state index contributed by atoms with van der Waals surface area (Å²) in [6.45, 7) is 1.72. The first kappa shape index (κ1) is 27.9. The van der Waals surface area contributed by atoms with Crippen LogP contribution in [0.25, 0.3) is 11.4 Å². The van der Waals surface area contributed by atoms with Crippen LogP contribution in [0.4, 0.5) is 26.3 Å². The molecular weight excluding hydrogens is 506 g/mol. The van der Waals surface area contributed by atoms with Crippen LogP contribution in [0.15, 0.2) is 48.7 Å². The maximum atomic E-state index is 13.8. The number of carboxylic acids is 1. The van der Waals surface area contributed by atoms with E-state index < -0.39 is 30.0 Å². The van der Waals surface area contributed by atoms with Crippen molar-refractivity contribution in [2.45, 2.75) is 51.7 Å². The lowest BCUT2D eigenvalue weighted by Gasteiger charge is -2.19. The van der Waals surface area contributed by atoms with Gasteiger partial charge in [0, 0.05) is 17.5 Å². The Balaban J connectivity index is 1.88. The number of nitrogens with zero attached hydrogens (tertiary/aromatic N) is 2. The third-order valence-electron chi connectivity index (χ3n) is 5.47. The third kappa shape index (κ3) is 7.89. The van der Waals surface area contributed by atoms with E-state index in [0.29, 0.717) is 42.3 Å². The summed E-state index contributed by atoms with van der Waals surface area (Å²) in [5.41, 5.74) is 0.292. The number of carbonyl (C=O) groups is 1. The van der Waals surface area contributed by atoms with Gasteiger partial charge in [-0.2, -0.15) is 13.2 Å². The van der Waals surface area contributed by atoms with E-state index in [-0.39, 0.29) is 31.0 Å². The molecule has 0 unspecified atom stereocenters. The minimum atomic E-state index is -4.90. The lowest BCUT2D eigenvalue weighted by molar-refractivity contribution is -0.274. The van der Waals surface area contributed by atoms with E-state index in [1.165, 1.54) is 12.1 Å². The Labute approximate surface area is 208 Å². The molecule has 0 fully saturated rings. The summed E-state index contributed by atoms with van der Waals surface area (Å²) in [4.78, 5) is 14.5. The van der Waals surface area contributed by atoms with Gasteiger partial charge in [0.1, 0.15) is 23.0 Å². The van der Waals surface area contributed by atoms with Crippen molar-refractivity contribution in [1.82, 2.24) is 9.55 Å². The third-order valence-corrected chi connectivity index (χ3v) is 5.47. The van der Waals surface area contributed by atoms with Crippen LogP contribution in [-0.2, 0) is 17.5 Å². The van der Waals surface area contributed by atoms with E-state index in [2.05, 4.69) is 9.72 Å². The predicted molar refractivity (Wildman–Crippen MR) is 121 cm³/mol. The number of benzene rings is 2. The van der Waals surface area contributed by atoms with Crippen LogP contribution in [0.2, 0.25) is 0 Å². The van der Waals surface area contributed by atoms with Crippen LogP contribution in [0.3, 0.4) is 0 Å². The number of hydrogen-bond acceptors (Lipinski definition) is 4. The van der Waals surface area contributed by atoms with Crippen molar-refractivity contribution < 1.29 is 45.7 Å². The molecule has 2 aromatic carbocycles. The molecule has 0 saturated heterocycles. The van der Waals surface area contributed by atoms with Crippen LogP contribution in [0.5, 0.6) is 11.5 Å². The Morgan fingerprint density at radius 1 is 1.00 bits per heavy atom. The summed E-state index contributed by atoms with van der Waals surface area (Å²) in [6.07, 6.45) is -7.25. The number of rotatable bonds is 11. The zero-order valence-corrected chi connectivity index (χ0v) is 19.7. The number of imidazole rings is 1. The van der Waals surface area contributed by atoms with Gasteiger partial charge in [-0.3, -0.25) is 4.79 Å². The van der Waals surface area contributed by atoms with Gasteiger partial charge in [-0.1, -0.05) is 12.1 Å². The molecule has 3 rings (SSSR count). The van der Waals surface area contributed by atoms with Crippen LogP contribution in [0.1, 0.15) is 42.5 Å². The average molecular weight is 530 g/mol. The second-order valence-corrected chi connectivity index (χ2v) is 8.23. The minimum Gasteiger partial charge on any atom is -0.493 e. The van der Waals surface area contributed by atoms with Gasteiger partial charge < -0.3 is 19.1 Å². The summed E-state index contributed by atoms with van der Waals surface area (Å²) >= 11 is 0. The Hall–Kier alpha value is -3.70. The zero-order chi connectivity index (χ0) is 27.2. The highest BCUT2D eigenvalue weighted by molar-refractivity contribution is 5.66. The molecule has 0 spiro atoms. The molecule has 12 heteroatoms. The quantitative estimate of drug-likeness (QED) is 0.217. The molecule has 1 N–H and O–H groups in total. The lowest BCUT2D eigenvalue weighted by atomic mass is 10.1. The number of ether oxygens (including phenoxy) is 2. The van der Waals surface area contributed by atoms with Crippen molar-refractivity contribution in [3.05, 3.63) is 65.5 Å². The maximum Gasteiger partial charge on any atom is 0.573 e. The summed E-state index contributed by atoms with van der Waals surface area (Å²) in [7, 11) is 0. The summed E-state index contributed by atoms with van der Waals surface area (Å²) in [6, 6.07) is 9.47. The van der Waals surface area contributed by atoms with E-state index in [1.54, 1.807) is 25.1 Å². The van der Waals surface area contributed by atoms with Gasteiger partial charge in [-0.15, -0.1) is 13.2 Å². The standard InChI is InChI=1S/C25H24F6N2O4/c1-16-6-5-7-20(36-13-4-2-3-8-22(34)35)19(16)15-33-21(24(26,27)28)14-32-23(33)17-9-11-18(12-10-17)37-25(29,30)31/h5-7,9-12,14H,2-4,8,13,15H2,1H3,(H,34,35). The number of unbranched alkanes of at least 4 members (excludes halogenated alkanes) is 2. The molecule has 1 heterocycles. The number of halogens is 6. The van der Waals surface area contributed by atoms with Crippen molar-refractivity contribution in [1.29, 1.82) is 0 Å². The monoisotopic (exact) mass is 530 g/mol. The molecule has 3 aromatic rings. The maximum absolute atomic E-state index is 13.8. The Morgan fingerprint density at radius 2 is 1.70 bits per heavy atom. The van der Waals surface area contributed by atoms with Gasteiger partial charge in [0.2, 0.25) is 0 Å². The van der Waals surface area contributed by atoms with Crippen molar-refractivity contribution in [2.75, 3.05) is 6.61 Å². The van der Waals surface area contributed by atoms with E-state index in [9.17, 15) is 31.1 Å². The second-order valence-electron chi connectivity index (χ2n) is 8.23. The summed E-state index contributed by atoms with van der Waals surface area (Å²) < 4.78 is 89.5. The molecule has 0 radical (unpaired) electrons. The first-order chi connectivity index (χ1) is 17.3. The molecule has 0 saturated carbocycles. The fourth-order valence-corrected chi connectivity index (χ4v) is 3.71. The fraction of sp³-hybridized carbons (Fsp3) is 0.360. The van der Waals surface area contributed by atoms with E-state index in [4.69, 9.17) is 9.84 Å². The first-order valence-electron chi connectivity index (χ1n) is 11.3. The molecule has 0 bridgehead atoms. The largest absolute Gasteiger partial charge is 0.573 e. The Bertz CT molecular complexity index is 1200. The van der Waals surface area contributed by atoms with E-state index >= 15 is 0 Å². The molecule has 0 aliphatic carbocycles. The fourth-order valence-electron chi connectivity index (χ4n) is 3.71. The SMILES string of the molecule is Cc1cccc(OCCCCCC(=O)O)c1Cn1c(C(F)(F)F)cnc1-c1ccc(OC(F)(F)F)cc1. The highest BCUT2D eigenvalue weighted by atomic mass is 19.4. The normalized spacial score (nSPS) is 12.0. The lowest BCUT2D eigenvalue weighted by Crippen LogP contribution is -2.17. The second kappa shape index (κ2) is 11.6. The summed E-state index contributed by atoms with van der Waals surface area (Å²) in [5, 5.41) is 8.71. The highest BCUT2D eigenvalue weighted by Crippen LogP contribution is 2.35. The molecular formula is C25H24F6N2O4. The minimum absolute atomic E-state index is 0.0443. The van der Waals surface area contributed by atoms with Gasteiger partial charge >= 0.3 is 18.5 Å². The van der Waals surface area contributed by atoms with Crippen LogP contribution in [-0.4, -0.2) is 33.6 Å². The number of alkyl halides is 6. The Kier molecular flexibility index (Phi) is 8.72. The highest BCUT2D eigenvalue weighted by Gasteiger charge is 2.37. The predicted octanol–water partition coefficient (Wildman–Crippen LogP) is 6.85.